The van der Waals surface area contributed by atoms with Crippen molar-refractivity contribution in [1.82, 2.24) is 9.88 Å². The summed E-state index contributed by atoms with van der Waals surface area (Å²) in [7, 11) is 0. The molecule has 5 nitrogen and oxygen atoms in total. The molecule has 0 bridgehead atoms. The minimum absolute atomic E-state index is 0.405. The van der Waals surface area contributed by atoms with Crippen molar-refractivity contribution in [2.24, 2.45) is 0 Å². The number of oxazole rings is 1. The van der Waals surface area contributed by atoms with Gasteiger partial charge in [-0.2, -0.15) is 0 Å². The van der Waals surface area contributed by atoms with Gasteiger partial charge in [0.05, 0.1) is 17.6 Å². The first kappa shape index (κ1) is 12.4. The fraction of sp³-hybridized carbons (Fsp3) is 0.385. The van der Waals surface area contributed by atoms with Gasteiger partial charge in [0, 0.05) is 0 Å². The van der Waals surface area contributed by atoms with Crippen molar-refractivity contribution in [1.29, 1.82) is 0 Å². The fourth-order valence-corrected chi connectivity index (χ4v) is 3.06. The summed E-state index contributed by atoms with van der Waals surface area (Å²) in [6.07, 6.45) is 3.32. The number of carbonyl (C=O) groups is 1. The minimum Gasteiger partial charge on any atom is -0.480 e. The minimum atomic E-state index is -0.762. The van der Waals surface area contributed by atoms with Gasteiger partial charge in [0.25, 0.3) is 0 Å². The van der Waals surface area contributed by atoms with E-state index in [4.69, 9.17) is 9.52 Å². The number of hydrogen-bond acceptors (Lipinski definition) is 5. The molecule has 1 saturated heterocycles. The zero-order valence-electron chi connectivity index (χ0n) is 10.3. The van der Waals surface area contributed by atoms with Crippen LogP contribution in [0.5, 0.6) is 0 Å². The Morgan fingerprint density at radius 1 is 1.63 bits per heavy atom. The van der Waals surface area contributed by atoms with Crippen LogP contribution in [0.2, 0.25) is 0 Å². The highest BCUT2D eigenvalue weighted by Crippen LogP contribution is 2.26. The van der Waals surface area contributed by atoms with Gasteiger partial charge in [-0.25, -0.2) is 4.98 Å². The highest BCUT2D eigenvalue weighted by atomic mass is 32.1. The highest BCUT2D eigenvalue weighted by Gasteiger charge is 2.31. The summed E-state index contributed by atoms with van der Waals surface area (Å²) in [5.41, 5.74) is 0. The molecule has 0 spiro atoms. The first-order valence-corrected chi connectivity index (χ1v) is 7.07. The number of hydrogen-bond donors (Lipinski definition) is 1. The summed E-state index contributed by atoms with van der Waals surface area (Å²) < 4.78 is 5.68. The summed E-state index contributed by atoms with van der Waals surface area (Å²) in [6, 6.07) is 3.53. The molecule has 0 amide bonds. The quantitative estimate of drug-likeness (QED) is 0.930. The first-order chi connectivity index (χ1) is 9.24. The zero-order chi connectivity index (χ0) is 13.2. The van der Waals surface area contributed by atoms with E-state index in [-0.39, 0.29) is 0 Å². The molecule has 0 saturated carbocycles. The van der Waals surface area contributed by atoms with Gasteiger partial charge in [0.15, 0.2) is 5.76 Å². The van der Waals surface area contributed by atoms with E-state index in [1.165, 1.54) is 0 Å². The van der Waals surface area contributed by atoms with Gasteiger partial charge < -0.3 is 9.52 Å². The Morgan fingerprint density at radius 3 is 3.26 bits per heavy atom. The molecule has 1 N–H and O–H groups in total. The second-order valence-electron chi connectivity index (χ2n) is 4.56. The lowest BCUT2D eigenvalue weighted by molar-refractivity contribution is -0.142. The van der Waals surface area contributed by atoms with Crippen molar-refractivity contribution in [2.45, 2.75) is 25.4 Å². The third-order valence-corrected chi connectivity index (χ3v) is 4.19. The second kappa shape index (κ2) is 5.14. The number of aliphatic carboxylic acids is 1. The molecular formula is C13H14N2O3S. The standard InChI is InChI=1S/C13H14N2O3S/c16-13(17)9-3-1-5-15(9)8-12-14-7-10(18-12)11-4-2-6-19-11/h2,4,6-7,9H,1,3,5,8H2,(H,16,17)/t9-/m1/s1. The van der Waals surface area contributed by atoms with Crippen LogP contribution >= 0.6 is 11.3 Å². The molecule has 3 rings (SSSR count). The SMILES string of the molecule is O=C(O)[C@H]1CCCN1Cc1ncc(-c2cccs2)o1. The number of likely N-dealkylation sites (tertiary alicyclic amines) is 1. The Morgan fingerprint density at radius 2 is 2.53 bits per heavy atom. The molecule has 2 aromatic heterocycles. The maximum atomic E-state index is 11.1. The number of aromatic nitrogens is 1. The third kappa shape index (κ3) is 2.54. The van der Waals surface area contributed by atoms with E-state index < -0.39 is 12.0 Å². The van der Waals surface area contributed by atoms with Gasteiger partial charge in [-0.15, -0.1) is 11.3 Å². The second-order valence-corrected chi connectivity index (χ2v) is 5.51. The van der Waals surface area contributed by atoms with Crippen LogP contribution in [0.25, 0.3) is 10.6 Å². The molecule has 1 fully saturated rings. The number of carboxylic acids is 1. The van der Waals surface area contributed by atoms with Crippen LogP contribution < -0.4 is 0 Å². The van der Waals surface area contributed by atoms with Crippen LogP contribution in [0, 0.1) is 0 Å². The molecule has 0 aromatic carbocycles. The smallest absolute Gasteiger partial charge is 0.320 e. The van der Waals surface area contributed by atoms with Crippen molar-refractivity contribution < 1.29 is 14.3 Å². The molecule has 19 heavy (non-hydrogen) atoms. The van der Waals surface area contributed by atoms with Gasteiger partial charge in [-0.1, -0.05) is 6.07 Å². The van der Waals surface area contributed by atoms with Crippen LogP contribution in [0.3, 0.4) is 0 Å². The zero-order valence-corrected chi connectivity index (χ0v) is 11.1. The Hall–Kier alpha value is -1.66. The number of rotatable bonds is 4. The fourth-order valence-electron chi connectivity index (χ4n) is 2.38. The predicted molar refractivity (Wildman–Crippen MR) is 70.9 cm³/mol. The molecule has 1 aliphatic heterocycles. The molecule has 2 aromatic rings. The molecule has 1 aliphatic rings. The van der Waals surface area contributed by atoms with Crippen molar-refractivity contribution in [3.05, 3.63) is 29.6 Å². The predicted octanol–water partition coefficient (Wildman–Crippen LogP) is 2.45. The molecule has 3 heterocycles. The van der Waals surface area contributed by atoms with Crippen LogP contribution in [0.4, 0.5) is 0 Å². The van der Waals surface area contributed by atoms with E-state index in [9.17, 15) is 4.79 Å². The molecular weight excluding hydrogens is 264 g/mol. The van der Waals surface area contributed by atoms with Gasteiger partial charge in [0.2, 0.25) is 5.89 Å². The highest BCUT2D eigenvalue weighted by molar-refractivity contribution is 7.13. The summed E-state index contributed by atoms with van der Waals surface area (Å²) in [5, 5.41) is 11.1. The largest absolute Gasteiger partial charge is 0.480 e. The van der Waals surface area contributed by atoms with Crippen LogP contribution in [0.15, 0.2) is 28.1 Å². The van der Waals surface area contributed by atoms with Crippen molar-refractivity contribution in [2.75, 3.05) is 6.54 Å². The lowest BCUT2D eigenvalue weighted by Crippen LogP contribution is -2.35. The van der Waals surface area contributed by atoms with E-state index >= 15 is 0 Å². The Balaban J connectivity index is 1.72. The molecule has 100 valence electrons. The topological polar surface area (TPSA) is 66.6 Å². The molecule has 0 radical (unpaired) electrons. The number of carboxylic acid groups (broad SMARTS) is 1. The van der Waals surface area contributed by atoms with Crippen molar-refractivity contribution in [3.8, 4) is 10.6 Å². The average molecular weight is 278 g/mol. The first-order valence-electron chi connectivity index (χ1n) is 6.19. The van der Waals surface area contributed by atoms with Crippen molar-refractivity contribution in [3.63, 3.8) is 0 Å². The number of thiophene rings is 1. The Bertz CT molecular complexity index is 564. The third-order valence-electron chi connectivity index (χ3n) is 3.30. The Labute approximate surface area is 114 Å². The van der Waals surface area contributed by atoms with Gasteiger partial charge >= 0.3 is 5.97 Å². The van der Waals surface area contributed by atoms with Crippen LogP contribution in [-0.2, 0) is 11.3 Å². The average Bonchev–Trinajstić information content (AvgIpc) is 3.09. The van der Waals surface area contributed by atoms with Gasteiger partial charge in [0.1, 0.15) is 6.04 Å². The summed E-state index contributed by atoms with van der Waals surface area (Å²) in [5.74, 6) is 0.565. The van der Waals surface area contributed by atoms with Gasteiger partial charge in [-0.05, 0) is 30.8 Å². The summed E-state index contributed by atoms with van der Waals surface area (Å²) >= 11 is 1.60. The maximum Gasteiger partial charge on any atom is 0.320 e. The Kier molecular flexibility index (Phi) is 3.35. The van der Waals surface area contributed by atoms with E-state index in [0.717, 1.165) is 23.6 Å². The van der Waals surface area contributed by atoms with Crippen molar-refractivity contribution >= 4 is 17.3 Å². The maximum absolute atomic E-state index is 11.1. The lowest BCUT2D eigenvalue weighted by Gasteiger charge is -2.18. The molecule has 6 heteroatoms. The number of nitrogens with zero attached hydrogens (tertiary/aromatic N) is 2. The van der Waals surface area contributed by atoms with E-state index in [0.29, 0.717) is 18.9 Å². The van der Waals surface area contributed by atoms with Crippen LogP contribution in [-0.4, -0.2) is 33.5 Å². The summed E-state index contributed by atoms with van der Waals surface area (Å²) in [4.78, 5) is 18.3. The van der Waals surface area contributed by atoms with E-state index in [2.05, 4.69) is 4.98 Å². The normalized spacial score (nSPS) is 19.9. The molecule has 1 atom stereocenters. The molecule has 0 unspecified atom stereocenters. The van der Waals surface area contributed by atoms with Crippen LogP contribution in [0.1, 0.15) is 18.7 Å². The summed E-state index contributed by atoms with van der Waals surface area (Å²) in [6.45, 7) is 1.25. The lowest BCUT2D eigenvalue weighted by atomic mass is 10.2. The van der Waals surface area contributed by atoms with E-state index in [1.54, 1.807) is 17.5 Å². The monoisotopic (exact) mass is 278 g/mol. The van der Waals surface area contributed by atoms with E-state index in [1.807, 2.05) is 22.4 Å². The van der Waals surface area contributed by atoms with Gasteiger partial charge in [-0.3, -0.25) is 9.69 Å². The molecule has 0 aliphatic carbocycles.